The normalized spacial score (nSPS) is 29.8. The van der Waals surface area contributed by atoms with Crippen molar-refractivity contribution in [3.8, 4) is 0 Å². The van der Waals surface area contributed by atoms with Crippen molar-refractivity contribution in [1.29, 1.82) is 0 Å². The summed E-state index contributed by atoms with van der Waals surface area (Å²) in [6.07, 6.45) is 0.969. The van der Waals surface area contributed by atoms with Crippen LogP contribution in [-0.4, -0.2) is 32.7 Å². The Morgan fingerprint density at radius 3 is 3.08 bits per heavy atom. The zero-order chi connectivity index (χ0) is 8.97. The Morgan fingerprint density at radius 2 is 2.50 bits per heavy atom. The summed E-state index contributed by atoms with van der Waals surface area (Å²) in [6.45, 7) is 2.23. The van der Waals surface area contributed by atoms with Crippen molar-refractivity contribution < 1.29 is 9.53 Å². The van der Waals surface area contributed by atoms with Gasteiger partial charge in [-0.1, -0.05) is 0 Å². The van der Waals surface area contributed by atoms with E-state index in [0.29, 0.717) is 19.0 Å². The molecule has 1 aliphatic rings. The summed E-state index contributed by atoms with van der Waals surface area (Å²) in [5.41, 5.74) is 5.55. The first-order chi connectivity index (χ1) is 5.79. The second-order valence-corrected chi connectivity index (χ2v) is 3.12. The lowest BCUT2D eigenvalue weighted by molar-refractivity contribution is -0.147. The van der Waals surface area contributed by atoms with Crippen LogP contribution in [0.1, 0.15) is 6.42 Å². The van der Waals surface area contributed by atoms with Gasteiger partial charge in [-0.25, -0.2) is 0 Å². The lowest BCUT2D eigenvalue weighted by Gasteiger charge is -2.28. The van der Waals surface area contributed by atoms with E-state index in [-0.39, 0.29) is 11.9 Å². The number of piperidine rings is 1. The first kappa shape index (κ1) is 9.48. The number of carbonyl (C=O) groups is 1. The first-order valence-corrected chi connectivity index (χ1v) is 4.28. The van der Waals surface area contributed by atoms with E-state index < -0.39 is 0 Å². The number of hydrogen-bond acceptors (Lipinski definition) is 4. The van der Waals surface area contributed by atoms with Crippen LogP contribution in [0.3, 0.4) is 0 Å². The van der Waals surface area contributed by atoms with E-state index in [1.165, 1.54) is 7.11 Å². The Kier molecular flexibility index (Phi) is 3.49. The molecule has 70 valence electrons. The fourth-order valence-electron chi connectivity index (χ4n) is 1.62. The van der Waals surface area contributed by atoms with Gasteiger partial charge in [-0.2, -0.15) is 0 Å². The lowest BCUT2D eigenvalue weighted by Crippen LogP contribution is -2.44. The summed E-state index contributed by atoms with van der Waals surface area (Å²) in [5.74, 6) is 0.102. The highest BCUT2D eigenvalue weighted by Gasteiger charge is 2.30. The molecular formula is C8H16N2O2. The van der Waals surface area contributed by atoms with Gasteiger partial charge in [0.1, 0.15) is 0 Å². The molecule has 0 radical (unpaired) electrons. The Bertz CT molecular complexity index is 161. The van der Waals surface area contributed by atoms with Gasteiger partial charge < -0.3 is 15.8 Å². The minimum Gasteiger partial charge on any atom is -0.469 e. The van der Waals surface area contributed by atoms with Gasteiger partial charge in [-0.15, -0.1) is 0 Å². The van der Waals surface area contributed by atoms with Crippen LogP contribution in [0.2, 0.25) is 0 Å². The summed E-state index contributed by atoms with van der Waals surface area (Å²) in [4.78, 5) is 11.2. The molecular weight excluding hydrogens is 156 g/mol. The van der Waals surface area contributed by atoms with Crippen molar-refractivity contribution in [1.82, 2.24) is 5.32 Å². The first-order valence-electron chi connectivity index (χ1n) is 4.28. The minimum atomic E-state index is -0.141. The number of ether oxygens (including phenoxy) is 1. The second kappa shape index (κ2) is 4.42. The summed E-state index contributed by atoms with van der Waals surface area (Å²) < 4.78 is 4.69. The average molecular weight is 172 g/mol. The highest BCUT2D eigenvalue weighted by molar-refractivity contribution is 5.73. The molecule has 1 heterocycles. The molecule has 2 atom stereocenters. The van der Waals surface area contributed by atoms with Crippen molar-refractivity contribution in [3.05, 3.63) is 0 Å². The zero-order valence-corrected chi connectivity index (χ0v) is 7.38. The van der Waals surface area contributed by atoms with Gasteiger partial charge in [-0.3, -0.25) is 4.79 Å². The number of carbonyl (C=O) groups excluding carboxylic acids is 1. The summed E-state index contributed by atoms with van der Waals surface area (Å²) in [5, 5.41) is 3.16. The van der Waals surface area contributed by atoms with Crippen molar-refractivity contribution >= 4 is 5.97 Å². The number of hydrogen-bond donors (Lipinski definition) is 2. The topological polar surface area (TPSA) is 64.3 Å². The Labute approximate surface area is 72.5 Å². The fourth-order valence-corrected chi connectivity index (χ4v) is 1.62. The van der Waals surface area contributed by atoms with E-state index in [1.807, 2.05) is 0 Å². The quantitative estimate of drug-likeness (QED) is 0.543. The van der Waals surface area contributed by atoms with Crippen molar-refractivity contribution in [2.24, 2.45) is 17.6 Å². The SMILES string of the molecule is COC(=O)[C@H]1CNCC[C@H]1CN. The van der Waals surface area contributed by atoms with Crippen LogP contribution < -0.4 is 11.1 Å². The van der Waals surface area contributed by atoms with Crippen molar-refractivity contribution in [3.63, 3.8) is 0 Å². The minimum absolute atomic E-state index is 0.0475. The highest BCUT2D eigenvalue weighted by Crippen LogP contribution is 2.18. The van der Waals surface area contributed by atoms with Gasteiger partial charge in [0.15, 0.2) is 0 Å². The molecule has 1 saturated heterocycles. The summed E-state index contributed by atoms with van der Waals surface area (Å²) in [7, 11) is 1.42. The Hall–Kier alpha value is -0.610. The molecule has 0 saturated carbocycles. The van der Waals surface area contributed by atoms with E-state index in [2.05, 4.69) is 10.1 Å². The van der Waals surface area contributed by atoms with E-state index in [0.717, 1.165) is 13.0 Å². The predicted octanol–water partition coefficient (Wildman–Crippen LogP) is -0.656. The van der Waals surface area contributed by atoms with Crippen molar-refractivity contribution in [2.45, 2.75) is 6.42 Å². The molecule has 1 rings (SSSR count). The third-order valence-corrected chi connectivity index (χ3v) is 2.43. The number of methoxy groups -OCH3 is 1. The molecule has 0 bridgehead atoms. The molecule has 0 aromatic heterocycles. The smallest absolute Gasteiger partial charge is 0.310 e. The maximum atomic E-state index is 11.2. The fraction of sp³-hybridized carbons (Fsp3) is 0.875. The molecule has 4 nitrogen and oxygen atoms in total. The van der Waals surface area contributed by atoms with Crippen LogP contribution in [0.5, 0.6) is 0 Å². The molecule has 0 unspecified atom stereocenters. The average Bonchev–Trinajstić information content (AvgIpc) is 2.16. The molecule has 0 aromatic carbocycles. The number of rotatable bonds is 2. The van der Waals surface area contributed by atoms with Gasteiger partial charge in [0.05, 0.1) is 13.0 Å². The second-order valence-electron chi connectivity index (χ2n) is 3.12. The maximum Gasteiger partial charge on any atom is 0.310 e. The molecule has 0 amide bonds. The zero-order valence-electron chi connectivity index (χ0n) is 7.38. The number of esters is 1. The van der Waals surface area contributed by atoms with Gasteiger partial charge in [0.2, 0.25) is 0 Å². The maximum absolute atomic E-state index is 11.2. The molecule has 1 aliphatic heterocycles. The Balaban J connectivity index is 2.52. The van der Waals surface area contributed by atoms with Crippen LogP contribution in [0, 0.1) is 11.8 Å². The van der Waals surface area contributed by atoms with Gasteiger partial charge in [0, 0.05) is 6.54 Å². The molecule has 3 N–H and O–H groups in total. The monoisotopic (exact) mass is 172 g/mol. The van der Waals surface area contributed by atoms with Crippen LogP contribution in [0.4, 0.5) is 0 Å². The summed E-state index contributed by atoms with van der Waals surface area (Å²) >= 11 is 0. The van der Waals surface area contributed by atoms with E-state index in [4.69, 9.17) is 5.73 Å². The third-order valence-electron chi connectivity index (χ3n) is 2.43. The van der Waals surface area contributed by atoms with Crippen LogP contribution in [-0.2, 0) is 9.53 Å². The highest BCUT2D eigenvalue weighted by atomic mass is 16.5. The van der Waals surface area contributed by atoms with Crippen LogP contribution in [0.25, 0.3) is 0 Å². The van der Waals surface area contributed by atoms with Crippen LogP contribution >= 0.6 is 0 Å². The van der Waals surface area contributed by atoms with Gasteiger partial charge in [0.25, 0.3) is 0 Å². The van der Waals surface area contributed by atoms with Crippen molar-refractivity contribution in [2.75, 3.05) is 26.7 Å². The van der Waals surface area contributed by atoms with E-state index in [1.54, 1.807) is 0 Å². The summed E-state index contributed by atoms with van der Waals surface area (Å²) in [6, 6.07) is 0. The van der Waals surface area contributed by atoms with Crippen LogP contribution in [0.15, 0.2) is 0 Å². The van der Waals surface area contributed by atoms with Gasteiger partial charge >= 0.3 is 5.97 Å². The standard InChI is InChI=1S/C8H16N2O2/c1-12-8(11)7-5-10-3-2-6(7)4-9/h6-7,10H,2-5,9H2,1H3/t6-,7-/m0/s1. The number of nitrogens with one attached hydrogen (secondary N) is 1. The molecule has 0 spiro atoms. The van der Waals surface area contributed by atoms with E-state index >= 15 is 0 Å². The predicted molar refractivity (Wildman–Crippen MR) is 45.5 cm³/mol. The van der Waals surface area contributed by atoms with Gasteiger partial charge in [-0.05, 0) is 25.4 Å². The lowest BCUT2D eigenvalue weighted by atomic mass is 9.86. The van der Waals surface area contributed by atoms with E-state index in [9.17, 15) is 4.79 Å². The third kappa shape index (κ3) is 1.95. The largest absolute Gasteiger partial charge is 0.469 e. The molecule has 1 fully saturated rings. The molecule has 0 aliphatic carbocycles. The number of nitrogens with two attached hydrogens (primary N) is 1. The molecule has 12 heavy (non-hydrogen) atoms. The molecule has 0 aromatic rings. The Morgan fingerprint density at radius 1 is 1.75 bits per heavy atom. The molecule has 4 heteroatoms.